The van der Waals surface area contributed by atoms with Crippen LogP contribution in [-0.2, 0) is 9.53 Å². The third-order valence-electron chi connectivity index (χ3n) is 3.68. The number of carbonyl (C=O) groups excluding carboxylic acids is 2. The van der Waals surface area contributed by atoms with Gasteiger partial charge in [0.1, 0.15) is 5.75 Å². The van der Waals surface area contributed by atoms with Crippen molar-refractivity contribution in [3.63, 3.8) is 0 Å². The van der Waals surface area contributed by atoms with Gasteiger partial charge >= 0.3 is 6.03 Å². The van der Waals surface area contributed by atoms with E-state index in [2.05, 4.69) is 5.32 Å². The Balaban J connectivity index is 1.65. The highest BCUT2D eigenvalue weighted by atomic mass is 16.5. The number of amides is 3. The molecule has 1 fully saturated rings. The minimum Gasteiger partial charge on any atom is -0.494 e. The molecule has 0 spiro atoms. The standard InChI is InChI=1S/C17H25N3O4/c1-19(2)16(21)15-13-20(10-12-24-15)17(22)18-9-6-11-23-14-7-4-3-5-8-14/h3-5,7-8,15H,6,9-13H2,1-2H3,(H,18,22). The average Bonchev–Trinajstić information content (AvgIpc) is 2.61. The maximum absolute atomic E-state index is 12.2. The molecule has 1 N–H and O–H groups in total. The van der Waals surface area contributed by atoms with Gasteiger partial charge < -0.3 is 24.6 Å². The van der Waals surface area contributed by atoms with Crippen LogP contribution in [0.4, 0.5) is 4.79 Å². The van der Waals surface area contributed by atoms with Gasteiger partial charge in [-0.2, -0.15) is 0 Å². The number of likely N-dealkylation sites (N-methyl/N-ethyl adjacent to an activating group) is 1. The van der Waals surface area contributed by atoms with Crippen LogP contribution < -0.4 is 10.1 Å². The van der Waals surface area contributed by atoms with E-state index in [1.807, 2.05) is 30.3 Å². The van der Waals surface area contributed by atoms with Crippen molar-refractivity contribution in [1.29, 1.82) is 0 Å². The molecule has 0 aromatic heterocycles. The van der Waals surface area contributed by atoms with Gasteiger partial charge in [0.15, 0.2) is 6.10 Å². The first-order chi connectivity index (χ1) is 11.6. The van der Waals surface area contributed by atoms with Crippen molar-refractivity contribution in [2.75, 3.05) is 46.9 Å². The molecule has 24 heavy (non-hydrogen) atoms. The molecule has 1 atom stereocenters. The quantitative estimate of drug-likeness (QED) is 0.786. The Hall–Kier alpha value is -2.28. The third kappa shape index (κ3) is 5.42. The van der Waals surface area contributed by atoms with Crippen LogP contribution in [0.1, 0.15) is 6.42 Å². The number of ether oxygens (including phenoxy) is 2. The van der Waals surface area contributed by atoms with Crippen molar-refractivity contribution < 1.29 is 19.1 Å². The summed E-state index contributed by atoms with van der Waals surface area (Å²) in [5.74, 6) is 0.700. The molecule has 132 valence electrons. The normalized spacial score (nSPS) is 17.2. The van der Waals surface area contributed by atoms with E-state index in [-0.39, 0.29) is 18.5 Å². The van der Waals surface area contributed by atoms with Gasteiger partial charge in [0.2, 0.25) is 0 Å². The van der Waals surface area contributed by atoms with Gasteiger partial charge in [0, 0.05) is 27.2 Å². The molecule has 0 bridgehead atoms. The third-order valence-corrected chi connectivity index (χ3v) is 3.68. The van der Waals surface area contributed by atoms with E-state index in [1.165, 1.54) is 4.90 Å². The van der Waals surface area contributed by atoms with Crippen molar-refractivity contribution in [2.45, 2.75) is 12.5 Å². The van der Waals surface area contributed by atoms with E-state index < -0.39 is 6.10 Å². The number of nitrogens with one attached hydrogen (secondary N) is 1. The largest absolute Gasteiger partial charge is 0.494 e. The van der Waals surface area contributed by atoms with Crippen LogP contribution >= 0.6 is 0 Å². The van der Waals surface area contributed by atoms with Crippen LogP contribution in [0.3, 0.4) is 0 Å². The lowest BCUT2D eigenvalue weighted by Crippen LogP contribution is -2.53. The molecule has 7 nitrogen and oxygen atoms in total. The van der Waals surface area contributed by atoms with Crippen molar-refractivity contribution in [3.8, 4) is 5.75 Å². The van der Waals surface area contributed by atoms with Crippen molar-refractivity contribution in [1.82, 2.24) is 15.1 Å². The molecule has 0 saturated carbocycles. The first kappa shape index (κ1) is 18.1. The Morgan fingerprint density at radius 1 is 1.33 bits per heavy atom. The second-order valence-electron chi connectivity index (χ2n) is 5.79. The van der Waals surface area contributed by atoms with E-state index in [1.54, 1.807) is 19.0 Å². The van der Waals surface area contributed by atoms with Crippen LogP contribution in [-0.4, -0.2) is 74.8 Å². The predicted octanol–water partition coefficient (Wildman–Crippen LogP) is 0.954. The fourth-order valence-electron chi connectivity index (χ4n) is 2.36. The van der Waals surface area contributed by atoms with Crippen LogP contribution in [0.2, 0.25) is 0 Å². The number of benzene rings is 1. The SMILES string of the molecule is CN(C)C(=O)C1CN(C(=O)NCCCOc2ccccc2)CCO1. The number of carbonyl (C=O) groups is 2. The Morgan fingerprint density at radius 2 is 2.08 bits per heavy atom. The summed E-state index contributed by atoms with van der Waals surface area (Å²) in [6.07, 6.45) is 0.131. The molecule has 1 aliphatic rings. The zero-order valence-corrected chi connectivity index (χ0v) is 14.2. The number of rotatable bonds is 6. The highest BCUT2D eigenvalue weighted by Gasteiger charge is 2.29. The second-order valence-corrected chi connectivity index (χ2v) is 5.79. The maximum atomic E-state index is 12.2. The van der Waals surface area contributed by atoms with Crippen molar-refractivity contribution in [2.24, 2.45) is 0 Å². The molecule has 2 rings (SSSR count). The molecule has 0 aliphatic carbocycles. The van der Waals surface area contributed by atoms with Crippen LogP contribution in [0.5, 0.6) is 5.75 Å². The first-order valence-corrected chi connectivity index (χ1v) is 8.11. The number of para-hydroxylation sites is 1. The molecule has 1 aromatic carbocycles. The van der Waals surface area contributed by atoms with E-state index in [9.17, 15) is 9.59 Å². The smallest absolute Gasteiger partial charge is 0.317 e. The molecule has 7 heteroatoms. The maximum Gasteiger partial charge on any atom is 0.317 e. The van der Waals surface area contributed by atoms with E-state index in [0.717, 1.165) is 5.75 Å². The highest BCUT2D eigenvalue weighted by Crippen LogP contribution is 2.09. The average molecular weight is 335 g/mol. The zero-order chi connectivity index (χ0) is 17.4. The number of nitrogens with zero attached hydrogens (tertiary/aromatic N) is 2. The summed E-state index contributed by atoms with van der Waals surface area (Å²) >= 11 is 0. The first-order valence-electron chi connectivity index (χ1n) is 8.11. The second kappa shape index (κ2) is 9.12. The lowest BCUT2D eigenvalue weighted by molar-refractivity contribution is -0.145. The van der Waals surface area contributed by atoms with Gasteiger partial charge in [0.25, 0.3) is 5.91 Å². The van der Waals surface area contributed by atoms with Crippen molar-refractivity contribution >= 4 is 11.9 Å². The lowest BCUT2D eigenvalue weighted by Gasteiger charge is -2.33. The fraction of sp³-hybridized carbons (Fsp3) is 0.529. The van der Waals surface area contributed by atoms with E-state index >= 15 is 0 Å². The fourth-order valence-corrected chi connectivity index (χ4v) is 2.36. The minimum atomic E-state index is -0.582. The van der Waals surface area contributed by atoms with Crippen LogP contribution in [0.25, 0.3) is 0 Å². The van der Waals surface area contributed by atoms with Gasteiger partial charge in [-0.1, -0.05) is 18.2 Å². The molecule has 1 unspecified atom stereocenters. The van der Waals surface area contributed by atoms with Gasteiger partial charge in [-0.05, 0) is 18.6 Å². The molecule has 1 aliphatic heterocycles. The molecule has 0 radical (unpaired) electrons. The number of urea groups is 1. The zero-order valence-electron chi connectivity index (χ0n) is 14.2. The molecular formula is C17H25N3O4. The van der Waals surface area contributed by atoms with Gasteiger partial charge in [-0.3, -0.25) is 4.79 Å². The molecule has 3 amide bonds. The summed E-state index contributed by atoms with van der Waals surface area (Å²) < 4.78 is 11.0. The summed E-state index contributed by atoms with van der Waals surface area (Å²) in [5.41, 5.74) is 0. The summed E-state index contributed by atoms with van der Waals surface area (Å²) in [7, 11) is 3.36. The van der Waals surface area contributed by atoms with Crippen LogP contribution in [0, 0.1) is 0 Å². The van der Waals surface area contributed by atoms with E-state index in [0.29, 0.717) is 32.7 Å². The van der Waals surface area contributed by atoms with Crippen LogP contribution in [0.15, 0.2) is 30.3 Å². The Kier molecular flexibility index (Phi) is 6.87. The molecule has 1 saturated heterocycles. The predicted molar refractivity (Wildman–Crippen MR) is 90.0 cm³/mol. The number of hydrogen-bond donors (Lipinski definition) is 1. The summed E-state index contributed by atoms with van der Waals surface area (Å²) in [6.45, 7) is 2.20. The lowest BCUT2D eigenvalue weighted by atomic mass is 10.2. The van der Waals surface area contributed by atoms with E-state index in [4.69, 9.17) is 9.47 Å². The Labute approximate surface area is 142 Å². The molecular weight excluding hydrogens is 310 g/mol. The van der Waals surface area contributed by atoms with Gasteiger partial charge in [0.05, 0.1) is 19.8 Å². The Morgan fingerprint density at radius 3 is 2.79 bits per heavy atom. The van der Waals surface area contributed by atoms with Gasteiger partial charge in [-0.15, -0.1) is 0 Å². The molecule has 1 aromatic rings. The molecule has 1 heterocycles. The monoisotopic (exact) mass is 335 g/mol. The Bertz CT molecular complexity index is 536. The summed E-state index contributed by atoms with van der Waals surface area (Å²) in [4.78, 5) is 27.2. The number of hydrogen-bond acceptors (Lipinski definition) is 4. The van der Waals surface area contributed by atoms with Gasteiger partial charge in [-0.25, -0.2) is 4.79 Å². The van der Waals surface area contributed by atoms with Crippen molar-refractivity contribution in [3.05, 3.63) is 30.3 Å². The highest BCUT2D eigenvalue weighted by molar-refractivity contribution is 5.82. The minimum absolute atomic E-state index is 0.122. The summed E-state index contributed by atoms with van der Waals surface area (Å²) in [6, 6.07) is 9.39. The topological polar surface area (TPSA) is 71.1 Å². The number of morpholine rings is 1. The summed E-state index contributed by atoms with van der Waals surface area (Å²) in [5, 5.41) is 2.85.